The summed E-state index contributed by atoms with van der Waals surface area (Å²) in [5.74, 6) is 0.906. The van der Waals surface area contributed by atoms with Crippen LogP contribution < -0.4 is 4.74 Å². The number of rotatable bonds is 4. The Morgan fingerprint density at radius 2 is 2.05 bits per heavy atom. The Balaban J connectivity index is 1.69. The van der Waals surface area contributed by atoms with Crippen molar-refractivity contribution in [2.24, 2.45) is 0 Å². The Morgan fingerprint density at radius 3 is 2.75 bits per heavy atom. The third-order valence-electron chi connectivity index (χ3n) is 4.43. The summed E-state index contributed by atoms with van der Waals surface area (Å²) in [7, 11) is 3.49. The lowest BCUT2D eigenvalue weighted by Crippen LogP contribution is -2.41. The number of benzene rings is 1. The predicted molar refractivity (Wildman–Crippen MR) is 77.0 cm³/mol. The van der Waals surface area contributed by atoms with Crippen LogP contribution in [0.2, 0.25) is 0 Å². The fourth-order valence-electron chi connectivity index (χ4n) is 3.36. The topological polar surface area (TPSA) is 30.9 Å². The predicted octanol–water partition coefficient (Wildman–Crippen LogP) is 2.07. The Morgan fingerprint density at radius 1 is 1.25 bits per heavy atom. The highest BCUT2D eigenvalue weighted by molar-refractivity contribution is 5.27. The van der Waals surface area contributed by atoms with Crippen molar-refractivity contribution in [3.63, 3.8) is 0 Å². The minimum atomic E-state index is 0.207. The normalized spacial score (nSPS) is 30.2. The van der Waals surface area contributed by atoms with E-state index in [2.05, 4.69) is 17.0 Å². The van der Waals surface area contributed by atoms with Crippen LogP contribution in [0.1, 0.15) is 18.4 Å². The van der Waals surface area contributed by atoms with E-state index in [-0.39, 0.29) is 12.2 Å². The van der Waals surface area contributed by atoms with Gasteiger partial charge in [-0.2, -0.15) is 0 Å². The van der Waals surface area contributed by atoms with Crippen molar-refractivity contribution >= 4 is 0 Å². The number of nitrogens with zero attached hydrogens (tertiary/aromatic N) is 1. The highest BCUT2D eigenvalue weighted by Gasteiger charge is 2.43. The lowest BCUT2D eigenvalue weighted by atomic mass is 10.0. The molecule has 2 heterocycles. The highest BCUT2D eigenvalue weighted by Crippen LogP contribution is 2.31. The van der Waals surface area contributed by atoms with Crippen LogP contribution in [0.25, 0.3) is 0 Å². The van der Waals surface area contributed by atoms with E-state index in [4.69, 9.17) is 14.2 Å². The summed E-state index contributed by atoms with van der Waals surface area (Å²) in [4.78, 5) is 2.50. The molecule has 2 aliphatic heterocycles. The van der Waals surface area contributed by atoms with Gasteiger partial charge in [0, 0.05) is 32.8 Å². The molecule has 1 aromatic rings. The first kappa shape index (κ1) is 13.9. The summed E-state index contributed by atoms with van der Waals surface area (Å²) in [6.07, 6.45) is 2.81. The van der Waals surface area contributed by atoms with Crippen molar-refractivity contribution in [3.8, 4) is 5.75 Å². The zero-order chi connectivity index (χ0) is 13.9. The summed E-state index contributed by atoms with van der Waals surface area (Å²) in [6.45, 7) is 2.78. The number of ether oxygens (including phenoxy) is 3. The summed E-state index contributed by atoms with van der Waals surface area (Å²) in [5, 5.41) is 0. The third kappa shape index (κ3) is 2.68. The number of likely N-dealkylation sites (tertiary alicyclic amines) is 1. The maximum Gasteiger partial charge on any atom is 0.118 e. The van der Waals surface area contributed by atoms with Crippen LogP contribution >= 0.6 is 0 Å². The number of hydrogen-bond donors (Lipinski definition) is 0. The Bertz CT molecular complexity index is 434. The fraction of sp³-hybridized carbons (Fsp3) is 0.625. The van der Waals surface area contributed by atoms with Crippen molar-refractivity contribution in [3.05, 3.63) is 29.8 Å². The van der Waals surface area contributed by atoms with Gasteiger partial charge in [0.25, 0.3) is 0 Å². The van der Waals surface area contributed by atoms with Crippen LogP contribution in [0.5, 0.6) is 5.75 Å². The monoisotopic (exact) mass is 277 g/mol. The third-order valence-corrected chi connectivity index (χ3v) is 4.43. The molecule has 3 rings (SSSR count). The molecular weight excluding hydrogens is 254 g/mol. The van der Waals surface area contributed by atoms with Crippen LogP contribution in [-0.2, 0) is 16.0 Å². The molecule has 2 saturated heterocycles. The van der Waals surface area contributed by atoms with Crippen molar-refractivity contribution in [1.29, 1.82) is 0 Å². The van der Waals surface area contributed by atoms with Gasteiger partial charge in [0.2, 0.25) is 0 Å². The second kappa shape index (κ2) is 6.12. The molecule has 0 unspecified atom stereocenters. The summed E-state index contributed by atoms with van der Waals surface area (Å²) in [5.41, 5.74) is 1.31. The molecule has 0 N–H and O–H groups in total. The molecule has 0 spiro atoms. The molecule has 0 saturated carbocycles. The van der Waals surface area contributed by atoms with Crippen molar-refractivity contribution in [2.45, 2.75) is 37.6 Å². The maximum absolute atomic E-state index is 5.92. The molecule has 3 atom stereocenters. The second-order valence-electron chi connectivity index (χ2n) is 5.60. The van der Waals surface area contributed by atoms with Gasteiger partial charge in [-0.1, -0.05) is 12.1 Å². The molecule has 0 amide bonds. The molecule has 110 valence electrons. The van der Waals surface area contributed by atoms with Crippen LogP contribution in [0, 0.1) is 0 Å². The van der Waals surface area contributed by atoms with E-state index < -0.39 is 0 Å². The largest absolute Gasteiger partial charge is 0.497 e. The van der Waals surface area contributed by atoms with Crippen LogP contribution in [-0.4, -0.2) is 50.5 Å². The number of fused-ring (bicyclic) bond motifs is 1. The van der Waals surface area contributed by atoms with E-state index in [1.165, 1.54) is 12.0 Å². The zero-order valence-electron chi connectivity index (χ0n) is 12.2. The van der Waals surface area contributed by atoms with Crippen molar-refractivity contribution in [1.82, 2.24) is 4.90 Å². The molecule has 2 aliphatic rings. The van der Waals surface area contributed by atoms with Gasteiger partial charge in [-0.05, 0) is 30.5 Å². The molecule has 0 bridgehead atoms. The Labute approximate surface area is 120 Å². The van der Waals surface area contributed by atoms with E-state index in [9.17, 15) is 0 Å². The molecule has 0 aromatic heterocycles. The van der Waals surface area contributed by atoms with Gasteiger partial charge in [0.1, 0.15) is 11.9 Å². The highest BCUT2D eigenvalue weighted by atomic mass is 16.5. The molecule has 20 heavy (non-hydrogen) atoms. The average molecular weight is 277 g/mol. The molecule has 4 nitrogen and oxygen atoms in total. The van der Waals surface area contributed by atoms with Gasteiger partial charge >= 0.3 is 0 Å². The minimum Gasteiger partial charge on any atom is -0.497 e. The van der Waals surface area contributed by atoms with Crippen LogP contribution in [0.4, 0.5) is 0 Å². The second-order valence-corrected chi connectivity index (χ2v) is 5.60. The van der Waals surface area contributed by atoms with Gasteiger partial charge in [-0.3, -0.25) is 4.90 Å². The summed E-state index contributed by atoms with van der Waals surface area (Å²) < 4.78 is 16.7. The van der Waals surface area contributed by atoms with E-state index in [0.29, 0.717) is 6.04 Å². The number of hydrogen-bond acceptors (Lipinski definition) is 4. The Hall–Kier alpha value is -1.10. The van der Waals surface area contributed by atoms with Gasteiger partial charge in [0.15, 0.2) is 0 Å². The summed E-state index contributed by atoms with van der Waals surface area (Å²) >= 11 is 0. The standard InChI is InChI=1S/C16H23NO3/c1-18-13-7-5-12(6-8-13)10-17-11-15(19-2)16-14(17)4-3-9-20-16/h5-8,14-16H,3-4,9-11H2,1-2H3/t14-,15+,16+/m1/s1. The minimum absolute atomic E-state index is 0.207. The van der Waals surface area contributed by atoms with Crippen LogP contribution in [0.15, 0.2) is 24.3 Å². The SMILES string of the molecule is COc1ccc(CN2C[C@H](OC)[C@H]3OCCC[C@H]32)cc1. The van der Waals surface area contributed by atoms with E-state index >= 15 is 0 Å². The van der Waals surface area contributed by atoms with Gasteiger partial charge in [0.05, 0.1) is 13.2 Å². The fourth-order valence-corrected chi connectivity index (χ4v) is 3.36. The van der Waals surface area contributed by atoms with Crippen molar-refractivity contribution < 1.29 is 14.2 Å². The first-order valence-corrected chi connectivity index (χ1v) is 7.33. The van der Waals surface area contributed by atoms with Gasteiger partial charge in [-0.25, -0.2) is 0 Å². The molecule has 0 aliphatic carbocycles. The first-order chi connectivity index (χ1) is 9.81. The van der Waals surface area contributed by atoms with E-state index in [1.54, 1.807) is 14.2 Å². The lowest BCUT2D eigenvalue weighted by molar-refractivity contribution is -0.0655. The van der Waals surface area contributed by atoms with Crippen LogP contribution in [0.3, 0.4) is 0 Å². The molecule has 2 fully saturated rings. The number of methoxy groups -OCH3 is 2. The summed E-state index contributed by atoms with van der Waals surface area (Å²) in [6, 6.07) is 8.81. The quantitative estimate of drug-likeness (QED) is 0.843. The van der Waals surface area contributed by atoms with Gasteiger partial charge in [-0.15, -0.1) is 0 Å². The molecule has 1 aromatic carbocycles. The van der Waals surface area contributed by atoms with Crippen molar-refractivity contribution in [2.75, 3.05) is 27.4 Å². The molecular formula is C16H23NO3. The Kier molecular flexibility index (Phi) is 4.24. The zero-order valence-corrected chi connectivity index (χ0v) is 12.2. The molecule has 4 heteroatoms. The van der Waals surface area contributed by atoms with Gasteiger partial charge < -0.3 is 14.2 Å². The first-order valence-electron chi connectivity index (χ1n) is 7.33. The molecule has 0 radical (unpaired) electrons. The maximum atomic E-state index is 5.92. The average Bonchev–Trinajstić information content (AvgIpc) is 2.86. The lowest BCUT2D eigenvalue weighted by Gasteiger charge is -2.32. The van der Waals surface area contributed by atoms with E-state index in [0.717, 1.165) is 31.9 Å². The smallest absolute Gasteiger partial charge is 0.118 e. The van der Waals surface area contributed by atoms with E-state index in [1.807, 2.05) is 12.1 Å².